The minimum absolute atomic E-state index is 0.258. The van der Waals surface area contributed by atoms with Gasteiger partial charge in [-0.25, -0.2) is 17.4 Å². The maximum Gasteiger partial charge on any atom is 0.268 e. The highest BCUT2D eigenvalue weighted by Crippen LogP contribution is 2.27. The average molecular weight is 563 g/mol. The van der Waals surface area contributed by atoms with Crippen molar-refractivity contribution in [1.29, 1.82) is 0 Å². The smallest absolute Gasteiger partial charge is 0.268 e. The van der Waals surface area contributed by atoms with Gasteiger partial charge in [0.15, 0.2) is 0 Å². The Morgan fingerprint density at radius 2 is 1.70 bits per heavy atom. The Hall–Kier alpha value is -3.07. The molecule has 40 heavy (non-hydrogen) atoms. The predicted octanol–water partition coefficient (Wildman–Crippen LogP) is 6.51. The van der Waals surface area contributed by atoms with Crippen LogP contribution in [0.4, 0.5) is 4.39 Å². The molecule has 6 nitrogen and oxygen atoms in total. The van der Waals surface area contributed by atoms with Gasteiger partial charge >= 0.3 is 0 Å². The van der Waals surface area contributed by atoms with Crippen LogP contribution in [0.1, 0.15) is 62.5 Å². The van der Waals surface area contributed by atoms with Gasteiger partial charge in [0.25, 0.3) is 10.0 Å². The Morgan fingerprint density at radius 1 is 0.925 bits per heavy atom. The highest BCUT2D eigenvalue weighted by atomic mass is 32.2. The van der Waals surface area contributed by atoms with Crippen molar-refractivity contribution >= 4 is 20.9 Å². The van der Waals surface area contributed by atoms with E-state index in [1.54, 1.807) is 30.5 Å². The zero-order valence-corrected chi connectivity index (χ0v) is 23.8. The molecular formula is C32H39FN4O2S. The van der Waals surface area contributed by atoms with Crippen LogP contribution in [0, 0.1) is 5.95 Å². The third-order valence-corrected chi connectivity index (χ3v) is 9.53. The molecule has 1 saturated carbocycles. The molecule has 8 heteroatoms. The van der Waals surface area contributed by atoms with Gasteiger partial charge in [0.1, 0.15) is 0 Å². The van der Waals surface area contributed by atoms with Gasteiger partial charge in [0, 0.05) is 36.9 Å². The number of benzene rings is 2. The van der Waals surface area contributed by atoms with Crippen LogP contribution in [0.25, 0.3) is 10.9 Å². The molecule has 2 heterocycles. The largest absolute Gasteiger partial charge is 0.314 e. The average Bonchev–Trinajstić information content (AvgIpc) is 3.35. The quantitative estimate of drug-likeness (QED) is 0.149. The van der Waals surface area contributed by atoms with E-state index in [0.29, 0.717) is 24.6 Å². The number of nitrogens with zero attached hydrogens (tertiary/aromatic N) is 3. The van der Waals surface area contributed by atoms with Gasteiger partial charge in [-0.2, -0.15) is 4.39 Å². The molecule has 0 radical (unpaired) electrons. The van der Waals surface area contributed by atoms with Gasteiger partial charge in [-0.3, -0.25) is 4.90 Å². The van der Waals surface area contributed by atoms with Crippen molar-refractivity contribution in [2.75, 3.05) is 13.1 Å². The molecule has 0 unspecified atom stereocenters. The summed E-state index contributed by atoms with van der Waals surface area (Å²) in [5.41, 5.74) is 2.45. The van der Waals surface area contributed by atoms with Crippen LogP contribution in [-0.2, 0) is 23.1 Å². The summed E-state index contributed by atoms with van der Waals surface area (Å²) in [5, 5.41) is 4.63. The van der Waals surface area contributed by atoms with Crippen molar-refractivity contribution in [3.8, 4) is 0 Å². The second-order valence-electron chi connectivity index (χ2n) is 10.8. The normalized spacial score (nSPS) is 14.8. The Kier molecular flexibility index (Phi) is 9.62. The summed E-state index contributed by atoms with van der Waals surface area (Å²) in [6.45, 7) is 3.00. The summed E-state index contributed by atoms with van der Waals surface area (Å²) in [5.74, 6) is -0.489. The van der Waals surface area contributed by atoms with Gasteiger partial charge < -0.3 is 5.32 Å². The van der Waals surface area contributed by atoms with Gasteiger partial charge in [-0.1, -0.05) is 62.1 Å². The lowest BCUT2D eigenvalue weighted by atomic mass is 9.95. The molecule has 1 N–H and O–H groups in total. The molecule has 2 aromatic carbocycles. The Morgan fingerprint density at radius 3 is 2.50 bits per heavy atom. The van der Waals surface area contributed by atoms with Gasteiger partial charge in [0.05, 0.1) is 10.4 Å². The summed E-state index contributed by atoms with van der Waals surface area (Å²) >= 11 is 0. The molecule has 2 aromatic heterocycles. The van der Waals surface area contributed by atoms with Gasteiger partial charge in [-0.15, -0.1) is 0 Å². The molecule has 0 spiro atoms. The molecular weight excluding hydrogens is 523 g/mol. The molecule has 0 bridgehead atoms. The Balaban J connectivity index is 1.31. The Bertz CT molecular complexity index is 1480. The van der Waals surface area contributed by atoms with Crippen LogP contribution in [-0.4, -0.2) is 41.4 Å². The van der Waals surface area contributed by atoms with Crippen molar-refractivity contribution < 1.29 is 12.8 Å². The first kappa shape index (κ1) is 28.5. The first-order chi connectivity index (χ1) is 19.5. The molecule has 0 atom stereocenters. The summed E-state index contributed by atoms with van der Waals surface area (Å²) in [6.07, 6.45) is 13.1. The summed E-state index contributed by atoms with van der Waals surface area (Å²) in [4.78, 5) is 6.24. The minimum atomic E-state index is -3.75. The van der Waals surface area contributed by atoms with E-state index in [4.69, 9.17) is 0 Å². The molecule has 0 aliphatic heterocycles. The van der Waals surface area contributed by atoms with E-state index >= 15 is 0 Å². The third kappa shape index (κ3) is 7.16. The summed E-state index contributed by atoms with van der Waals surface area (Å²) in [6, 6.07) is 20.1. The number of para-hydroxylation sites is 1. The lowest BCUT2D eigenvalue weighted by Gasteiger charge is -2.24. The minimum Gasteiger partial charge on any atom is -0.314 e. The van der Waals surface area contributed by atoms with Crippen molar-refractivity contribution in [2.45, 2.75) is 75.4 Å². The standard InChI is InChI=1S/C32H39FN4O2S/c33-32-22-26(18-20-35-32)23-36(21-11-3-10-19-34-28-12-4-1-5-13-28)24-27-25-37(31-17-9-8-16-30(27)31)40(38,39)29-14-6-2-7-15-29/h2,6-9,14-18,20,22,25,28,34H,1,3-5,10-13,19,21,23-24H2. The first-order valence-corrected chi connectivity index (χ1v) is 15.9. The van der Waals surface area contributed by atoms with E-state index in [-0.39, 0.29) is 4.90 Å². The molecule has 1 fully saturated rings. The topological polar surface area (TPSA) is 67.2 Å². The Labute approximate surface area is 237 Å². The first-order valence-electron chi connectivity index (χ1n) is 14.5. The summed E-state index contributed by atoms with van der Waals surface area (Å²) in [7, 11) is -3.75. The molecule has 5 rings (SSSR count). The van der Waals surface area contributed by atoms with Crippen LogP contribution < -0.4 is 5.32 Å². The van der Waals surface area contributed by atoms with Crippen LogP contribution in [0.2, 0.25) is 0 Å². The molecule has 4 aromatic rings. The van der Waals surface area contributed by atoms with Gasteiger partial charge in [0.2, 0.25) is 5.95 Å². The highest BCUT2D eigenvalue weighted by Gasteiger charge is 2.22. The van der Waals surface area contributed by atoms with Crippen LogP contribution in [0.3, 0.4) is 0 Å². The SMILES string of the molecule is O=S(=O)(c1ccccc1)n1cc(CN(CCCCCNC2CCCCC2)Cc2ccnc(F)c2)c2ccccc21. The third-order valence-electron chi connectivity index (χ3n) is 7.84. The van der Waals surface area contributed by atoms with Crippen LogP contribution in [0.5, 0.6) is 0 Å². The van der Waals surface area contributed by atoms with Crippen LogP contribution >= 0.6 is 0 Å². The van der Waals surface area contributed by atoms with Crippen molar-refractivity contribution in [3.05, 3.63) is 96.2 Å². The second kappa shape index (κ2) is 13.5. The fourth-order valence-corrected chi connectivity index (χ4v) is 7.17. The number of fused-ring (bicyclic) bond motifs is 1. The number of unbranched alkanes of at least 4 members (excludes halogenated alkanes) is 2. The summed E-state index contributed by atoms with van der Waals surface area (Å²) < 4.78 is 42.4. The maximum absolute atomic E-state index is 13.9. The number of hydrogen-bond acceptors (Lipinski definition) is 5. The molecule has 1 aliphatic rings. The number of pyridine rings is 1. The molecule has 1 aliphatic carbocycles. The highest BCUT2D eigenvalue weighted by molar-refractivity contribution is 7.90. The number of rotatable bonds is 13. The fourth-order valence-electron chi connectivity index (χ4n) is 5.75. The van der Waals surface area contributed by atoms with Gasteiger partial charge in [-0.05, 0) is 80.2 Å². The van der Waals surface area contributed by atoms with E-state index in [1.165, 1.54) is 48.3 Å². The van der Waals surface area contributed by atoms with Crippen molar-refractivity contribution in [1.82, 2.24) is 19.2 Å². The fraction of sp³-hybridized carbons (Fsp3) is 0.406. The zero-order chi connectivity index (χ0) is 27.8. The lowest BCUT2D eigenvalue weighted by molar-refractivity contribution is 0.250. The molecule has 0 saturated heterocycles. The predicted molar refractivity (Wildman–Crippen MR) is 158 cm³/mol. The van der Waals surface area contributed by atoms with E-state index in [1.807, 2.05) is 36.4 Å². The number of aromatic nitrogens is 2. The maximum atomic E-state index is 13.9. The number of hydrogen-bond donors (Lipinski definition) is 1. The van der Waals surface area contributed by atoms with Crippen molar-refractivity contribution in [2.24, 2.45) is 0 Å². The van der Waals surface area contributed by atoms with Crippen LogP contribution in [0.15, 0.2) is 84.0 Å². The van der Waals surface area contributed by atoms with Crippen molar-refractivity contribution in [3.63, 3.8) is 0 Å². The number of halogens is 1. The lowest BCUT2D eigenvalue weighted by Crippen LogP contribution is -2.31. The van der Waals surface area contributed by atoms with E-state index in [0.717, 1.165) is 48.9 Å². The van der Waals surface area contributed by atoms with E-state index < -0.39 is 16.0 Å². The molecule has 0 amide bonds. The zero-order valence-electron chi connectivity index (χ0n) is 23.0. The molecule has 212 valence electrons. The van der Waals surface area contributed by atoms with E-state index in [2.05, 4.69) is 15.2 Å². The monoisotopic (exact) mass is 562 g/mol. The van der Waals surface area contributed by atoms with E-state index in [9.17, 15) is 12.8 Å². The number of nitrogens with one attached hydrogen (secondary N) is 1. The second-order valence-corrected chi connectivity index (χ2v) is 12.6.